The number of likely N-dealkylation sites (tertiary alicyclic amines) is 1. The summed E-state index contributed by atoms with van der Waals surface area (Å²) in [6.45, 7) is 9.38. The number of carbonyl (C=O) groups excluding carboxylic acids is 1. The van der Waals surface area contributed by atoms with Crippen LogP contribution in [0.15, 0.2) is 48.5 Å². The largest absolute Gasteiger partial charge is 0.632 e. The van der Waals surface area contributed by atoms with Gasteiger partial charge in [-0.05, 0) is 23.0 Å². The molecular formula is C24H32N2O2. The molecule has 2 aromatic rings. The van der Waals surface area contributed by atoms with Gasteiger partial charge in [-0.15, -0.1) is 0 Å². The van der Waals surface area contributed by atoms with E-state index in [1.807, 2.05) is 30.3 Å². The zero-order valence-electron chi connectivity index (χ0n) is 17.4. The van der Waals surface area contributed by atoms with Crippen LogP contribution in [0.1, 0.15) is 69.1 Å². The summed E-state index contributed by atoms with van der Waals surface area (Å²) in [7, 11) is 0. The molecule has 1 aliphatic heterocycles. The Morgan fingerprint density at radius 3 is 2.21 bits per heavy atom. The molecule has 1 unspecified atom stereocenters. The van der Waals surface area contributed by atoms with Crippen LogP contribution in [0, 0.1) is 5.21 Å². The Morgan fingerprint density at radius 1 is 1.04 bits per heavy atom. The van der Waals surface area contributed by atoms with Gasteiger partial charge >= 0.3 is 0 Å². The number of rotatable bonds is 6. The van der Waals surface area contributed by atoms with E-state index in [9.17, 15) is 10.0 Å². The summed E-state index contributed by atoms with van der Waals surface area (Å²) < 4.78 is -0.462. The molecule has 28 heavy (non-hydrogen) atoms. The van der Waals surface area contributed by atoms with E-state index in [-0.39, 0.29) is 5.91 Å². The molecule has 0 radical (unpaired) electrons. The van der Waals surface area contributed by atoms with Crippen LogP contribution in [0.2, 0.25) is 0 Å². The van der Waals surface area contributed by atoms with Gasteiger partial charge < -0.3 is 15.2 Å². The number of hydroxylamine groups is 3. The SMILES string of the molecule is CC(C)c1cccc(C(C)C)c1NC(=O)[C@@H]1CCC[N+]1([O-])Cc1ccccc1. The molecule has 2 atom stereocenters. The van der Waals surface area contributed by atoms with Crippen molar-refractivity contribution in [1.29, 1.82) is 0 Å². The highest BCUT2D eigenvalue weighted by Crippen LogP contribution is 2.34. The van der Waals surface area contributed by atoms with Crippen LogP contribution in [-0.4, -0.2) is 23.1 Å². The molecule has 150 valence electrons. The van der Waals surface area contributed by atoms with Gasteiger partial charge in [-0.1, -0.05) is 76.2 Å². The van der Waals surface area contributed by atoms with Gasteiger partial charge in [0.15, 0.2) is 6.04 Å². The fourth-order valence-corrected chi connectivity index (χ4v) is 4.27. The van der Waals surface area contributed by atoms with Crippen molar-refractivity contribution in [1.82, 2.24) is 0 Å². The van der Waals surface area contributed by atoms with Crippen molar-refractivity contribution in [2.24, 2.45) is 0 Å². The number of hydrogen-bond acceptors (Lipinski definition) is 2. The number of quaternary nitrogens is 1. The van der Waals surface area contributed by atoms with Gasteiger partial charge in [0.05, 0.1) is 6.54 Å². The first-order valence-corrected chi connectivity index (χ1v) is 10.4. The van der Waals surface area contributed by atoms with Crippen LogP contribution in [0.4, 0.5) is 5.69 Å². The van der Waals surface area contributed by atoms with Crippen LogP contribution < -0.4 is 5.32 Å². The van der Waals surface area contributed by atoms with Crippen molar-refractivity contribution in [3.05, 3.63) is 70.4 Å². The number of anilines is 1. The smallest absolute Gasteiger partial charge is 0.283 e. The zero-order chi connectivity index (χ0) is 20.3. The molecule has 0 aliphatic carbocycles. The molecule has 1 fully saturated rings. The molecule has 0 saturated carbocycles. The maximum Gasteiger partial charge on any atom is 0.283 e. The van der Waals surface area contributed by atoms with E-state index in [2.05, 4.69) is 51.2 Å². The Labute approximate surface area is 168 Å². The van der Waals surface area contributed by atoms with Gasteiger partial charge in [-0.25, -0.2) is 0 Å². The lowest BCUT2D eigenvalue weighted by molar-refractivity contribution is -0.896. The first-order valence-electron chi connectivity index (χ1n) is 10.4. The molecule has 0 bridgehead atoms. The Hall–Kier alpha value is -2.17. The molecule has 4 heteroatoms. The number of nitrogens with one attached hydrogen (secondary N) is 1. The van der Waals surface area contributed by atoms with Crippen LogP contribution in [0.25, 0.3) is 0 Å². The summed E-state index contributed by atoms with van der Waals surface area (Å²) in [6, 6.07) is 15.4. The van der Waals surface area contributed by atoms with Crippen molar-refractivity contribution in [3.8, 4) is 0 Å². The second kappa shape index (κ2) is 8.46. The number of amides is 1. The van der Waals surface area contributed by atoms with E-state index in [1.165, 1.54) is 0 Å². The normalized spacial score (nSPS) is 22.0. The Morgan fingerprint density at radius 2 is 1.64 bits per heavy atom. The van der Waals surface area contributed by atoms with Gasteiger partial charge in [0.25, 0.3) is 5.91 Å². The van der Waals surface area contributed by atoms with E-state index in [0.717, 1.165) is 28.8 Å². The zero-order valence-corrected chi connectivity index (χ0v) is 17.4. The van der Waals surface area contributed by atoms with E-state index in [0.29, 0.717) is 31.3 Å². The average Bonchev–Trinajstić information content (AvgIpc) is 3.03. The van der Waals surface area contributed by atoms with Crippen molar-refractivity contribution in [2.75, 3.05) is 11.9 Å². The quantitative estimate of drug-likeness (QED) is 0.528. The molecule has 1 N–H and O–H groups in total. The number of para-hydroxylation sites is 1. The van der Waals surface area contributed by atoms with Gasteiger partial charge in [0, 0.05) is 24.1 Å². The van der Waals surface area contributed by atoms with E-state index >= 15 is 0 Å². The first-order chi connectivity index (χ1) is 13.3. The predicted octanol–water partition coefficient (Wildman–Crippen LogP) is 5.55. The molecule has 1 amide bonds. The lowest BCUT2D eigenvalue weighted by Crippen LogP contribution is -2.51. The van der Waals surface area contributed by atoms with Crippen molar-refractivity contribution < 1.29 is 9.44 Å². The highest BCUT2D eigenvalue weighted by Gasteiger charge is 2.40. The summed E-state index contributed by atoms with van der Waals surface area (Å²) in [5.41, 5.74) is 4.15. The van der Waals surface area contributed by atoms with Crippen molar-refractivity contribution in [2.45, 2.75) is 65.0 Å². The molecule has 2 aromatic carbocycles. The number of hydrogen-bond donors (Lipinski definition) is 1. The first kappa shape index (κ1) is 20.6. The third kappa shape index (κ3) is 4.29. The number of benzene rings is 2. The maximum atomic E-state index is 13.5. The minimum Gasteiger partial charge on any atom is -0.632 e. The minimum atomic E-state index is -0.555. The molecule has 0 aromatic heterocycles. The second-order valence-corrected chi connectivity index (χ2v) is 8.59. The Kier molecular flexibility index (Phi) is 6.21. The molecule has 1 aliphatic rings. The molecule has 4 nitrogen and oxygen atoms in total. The lowest BCUT2D eigenvalue weighted by Gasteiger charge is -2.43. The molecule has 3 rings (SSSR count). The van der Waals surface area contributed by atoms with Crippen LogP contribution in [0.5, 0.6) is 0 Å². The van der Waals surface area contributed by atoms with E-state index in [4.69, 9.17) is 0 Å². The van der Waals surface area contributed by atoms with E-state index in [1.54, 1.807) is 0 Å². The van der Waals surface area contributed by atoms with Gasteiger partial charge in [-0.2, -0.15) is 0 Å². The third-order valence-electron chi connectivity index (χ3n) is 5.80. The standard InChI is InChI=1S/C24H32N2O2/c1-17(2)20-12-8-13-21(18(3)4)23(20)25-24(27)22-14-9-15-26(22,28)16-19-10-6-5-7-11-19/h5-8,10-13,17-18,22H,9,14-16H2,1-4H3,(H,25,27)/t22-,26?/m0/s1. The van der Waals surface area contributed by atoms with Crippen LogP contribution in [-0.2, 0) is 11.3 Å². The van der Waals surface area contributed by atoms with E-state index < -0.39 is 10.7 Å². The van der Waals surface area contributed by atoms with Crippen LogP contribution in [0.3, 0.4) is 0 Å². The predicted molar refractivity (Wildman–Crippen MR) is 115 cm³/mol. The number of carbonyl (C=O) groups is 1. The summed E-state index contributed by atoms with van der Waals surface area (Å²) in [6.07, 6.45) is 1.43. The highest BCUT2D eigenvalue weighted by molar-refractivity contribution is 5.96. The molecule has 1 heterocycles. The highest BCUT2D eigenvalue weighted by atomic mass is 16.5. The van der Waals surface area contributed by atoms with Crippen LogP contribution >= 0.6 is 0 Å². The number of nitrogens with zero attached hydrogens (tertiary/aromatic N) is 1. The molecular weight excluding hydrogens is 348 g/mol. The summed E-state index contributed by atoms with van der Waals surface area (Å²) in [5.74, 6) is 0.459. The van der Waals surface area contributed by atoms with Crippen molar-refractivity contribution >= 4 is 11.6 Å². The summed E-state index contributed by atoms with van der Waals surface area (Å²) >= 11 is 0. The monoisotopic (exact) mass is 380 g/mol. The fourth-order valence-electron chi connectivity index (χ4n) is 4.27. The lowest BCUT2D eigenvalue weighted by atomic mass is 9.92. The van der Waals surface area contributed by atoms with Gasteiger partial charge in [-0.3, -0.25) is 4.79 Å². The Balaban J connectivity index is 1.86. The maximum absolute atomic E-state index is 13.5. The summed E-state index contributed by atoms with van der Waals surface area (Å²) in [4.78, 5) is 13.2. The summed E-state index contributed by atoms with van der Waals surface area (Å²) in [5, 5.41) is 16.7. The third-order valence-corrected chi connectivity index (χ3v) is 5.80. The van der Waals surface area contributed by atoms with Gasteiger partial charge in [0.1, 0.15) is 6.54 Å². The molecule has 1 saturated heterocycles. The minimum absolute atomic E-state index is 0.140. The second-order valence-electron chi connectivity index (χ2n) is 8.59. The topological polar surface area (TPSA) is 52.2 Å². The fraction of sp³-hybridized carbons (Fsp3) is 0.458. The Bertz CT molecular complexity index is 790. The van der Waals surface area contributed by atoms with Gasteiger partial charge in [0.2, 0.25) is 0 Å². The van der Waals surface area contributed by atoms with Crippen molar-refractivity contribution in [3.63, 3.8) is 0 Å². The average molecular weight is 381 g/mol. The molecule has 0 spiro atoms.